The van der Waals surface area contributed by atoms with E-state index >= 15 is 0 Å². The van der Waals surface area contributed by atoms with Crippen molar-refractivity contribution in [3.8, 4) is 11.4 Å². The number of rotatable bonds is 10. The molecule has 2 rings (SSSR count). The summed E-state index contributed by atoms with van der Waals surface area (Å²) in [5, 5.41) is 9.22. The quantitative estimate of drug-likeness (QED) is 0.632. The van der Waals surface area contributed by atoms with Crippen molar-refractivity contribution in [2.75, 3.05) is 26.3 Å². The van der Waals surface area contributed by atoms with Gasteiger partial charge in [0, 0.05) is 38.1 Å². The summed E-state index contributed by atoms with van der Waals surface area (Å²) >= 11 is 0. The van der Waals surface area contributed by atoms with Crippen LogP contribution in [0.4, 0.5) is 0 Å². The number of amides is 1. The molecule has 0 saturated heterocycles. The molecule has 0 saturated carbocycles. The average Bonchev–Trinajstić information content (AvgIpc) is 2.70. The van der Waals surface area contributed by atoms with Gasteiger partial charge >= 0.3 is 5.97 Å². The molecule has 0 aliphatic heterocycles. The second-order valence-electron chi connectivity index (χ2n) is 6.60. The molecule has 1 atom stereocenters. The van der Waals surface area contributed by atoms with Gasteiger partial charge in [-0.2, -0.15) is 0 Å². The Balaban J connectivity index is 2.20. The number of hydrogen-bond donors (Lipinski definition) is 1. The van der Waals surface area contributed by atoms with Crippen molar-refractivity contribution in [1.29, 1.82) is 0 Å². The summed E-state index contributed by atoms with van der Waals surface area (Å²) in [6.45, 7) is 6.92. The molecule has 1 aromatic carbocycles. The van der Waals surface area contributed by atoms with Gasteiger partial charge in [0.15, 0.2) is 5.82 Å². The Kier molecular flexibility index (Phi) is 8.07. The smallest absolute Gasteiger partial charge is 0.308 e. The van der Waals surface area contributed by atoms with Crippen molar-refractivity contribution < 1.29 is 19.4 Å². The van der Waals surface area contributed by atoms with Crippen LogP contribution >= 0.6 is 0 Å². The third-order valence-corrected chi connectivity index (χ3v) is 4.37. The number of nitrogens with zero attached hydrogens (tertiary/aromatic N) is 3. The molecule has 150 valence electrons. The molecule has 1 aromatic heterocycles. The van der Waals surface area contributed by atoms with Gasteiger partial charge in [-0.1, -0.05) is 37.3 Å². The zero-order valence-electron chi connectivity index (χ0n) is 16.6. The van der Waals surface area contributed by atoms with Crippen molar-refractivity contribution in [2.45, 2.75) is 27.2 Å². The Morgan fingerprint density at radius 2 is 1.96 bits per heavy atom. The second kappa shape index (κ2) is 10.5. The van der Waals surface area contributed by atoms with Gasteiger partial charge in [0.05, 0.1) is 17.2 Å². The fraction of sp³-hybridized carbons (Fsp3) is 0.429. The summed E-state index contributed by atoms with van der Waals surface area (Å²) in [5.41, 5.74) is 1.82. The lowest BCUT2D eigenvalue weighted by Gasteiger charge is -2.25. The Morgan fingerprint density at radius 1 is 1.25 bits per heavy atom. The summed E-state index contributed by atoms with van der Waals surface area (Å²) in [4.78, 5) is 34.7. The maximum absolute atomic E-state index is 13.0. The highest BCUT2D eigenvalue weighted by molar-refractivity contribution is 5.95. The molecule has 0 bridgehead atoms. The van der Waals surface area contributed by atoms with Crippen LogP contribution in [0.2, 0.25) is 0 Å². The van der Waals surface area contributed by atoms with E-state index in [-0.39, 0.29) is 12.5 Å². The largest absolute Gasteiger partial charge is 0.481 e. The number of hydrogen-bond acceptors (Lipinski definition) is 5. The molecule has 0 fully saturated rings. The predicted octanol–water partition coefficient (Wildman–Crippen LogP) is 3.04. The zero-order valence-corrected chi connectivity index (χ0v) is 16.6. The lowest BCUT2D eigenvalue weighted by Crippen LogP contribution is -2.38. The molecule has 1 amide bonds. The number of carboxylic acid groups (broad SMARTS) is 1. The van der Waals surface area contributed by atoms with Gasteiger partial charge < -0.3 is 14.7 Å². The first-order valence-corrected chi connectivity index (χ1v) is 9.43. The number of aromatic nitrogens is 2. The molecule has 7 heteroatoms. The monoisotopic (exact) mass is 385 g/mol. The van der Waals surface area contributed by atoms with Gasteiger partial charge in [-0.25, -0.2) is 9.97 Å². The summed E-state index contributed by atoms with van der Waals surface area (Å²) in [6.07, 6.45) is 2.15. The van der Waals surface area contributed by atoms with E-state index in [0.717, 1.165) is 5.56 Å². The number of carboxylic acids is 1. The average molecular weight is 385 g/mol. The van der Waals surface area contributed by atoms with Gasteiger partial charge in [0.1, 0.15) is 0 Å². The zero-order chi connectivity index (χ0) is 20.5. The van der Waals surface area contributed by atoms with Crippen LogP contribution in [-0.4, -0.2) is 58.2 Å². The molecule has 1 N–H and O–H groups in total. The third kappa shape index (κ3) is 5.85. The van der Waals surface area contributed by atoms with E-state index in [1.54, 1.807) is 18.7 Å². The van der Waals surface area contributed by atoms with Gasteiger partial charge in [-0.05, 0) is 20.3 Å². The van der Waals surface area contributed by atoms with Crippen molar-refractivity contribution in [2.24, 2.45) is 5.92 Å². The lowest BCUT2D eigenvalue weighted by atomic mass is 10.1. The molecular weight excluding hydrogens is 358 g/mol. The minimum atomic E-state index is -0.935. The van der Waals surface area contributed by atoms with Crippen LogP contribution in [0.15, 0.2) is 36.5 Å². The van der Waals surface area contributed by atoms with E-state index in [0.29, 0.717) is 43.3 Å². The molecule has 1 heterocycles. The Labute approximate surface area is 165 Å². The number of carbonyl (C=O) groups excluding carboxylic acids is 1. The first kappa shape index (κ1) is 21.5. The number of ether oxygens (including phenoxy) is 1. The molecule has 28 heavy (non-hydrogen) atoms. The van der Waals surface area contributed by atoms with E-state index < -0.39 is 11.9 Å². The molecule has 0 aliphatic rings. The highest BCUT2D eigenvalue weighted by atomic mass is 16.5. The Hall–Kier alpha value is -2.80. The fourth-order valence-electron chi connectivity index (χ4n) is 2.76. The summed E-state index contributed by atoms with van der Waals surface area (Å²) < 4.78 is 5.33. The van der Waals surface area contributed by atoms with Crippen LogP contribution in [0.25, 0.3) is 11.4 Å². The molecule has 0 radical (unpaired) electrons. The first-order chi connectivity index (χ1) is 13.4. The SMILES string of the molecule is CCOCCCN(CC(C)C(=O)O)C(=O)c1cnc(-c2ccccc2)nc1C. The summed E-state index contributed by atoms with van der Waals surface area (Å²) in [7, 11) is 0. The molecule has 0 aliphatic carbocycles. The van der Waals surface area contributed by atoms with Gasteiger partial charge in [0.2, 0.25) is 0 Å². The Morgan fingerprint density at radius 3 is 2.57 bits per heavy atom. The fourth-order valence-corrected chi connectivity index (χ4v) is 2.76. The molecule has 0 spiro atoms. The highest BCUT2D eigenvalue weighted by Crippen LogP contribution is 2.17. The van der Waals surface area contributed by atoms with Gasteiger partial charge in [-0.3, -0.25) is 9.59 Å². The van der Waals surface area contributed by atoms with E-state index in [1.807, 2.05) is 37.3 Å². The minimum absolute atomic E-state index is 0.125. The van der Waals surface area contributed by atoms with E-state index in [1.165, 1.54) is 6.20 Å². The number of benzene rings is 1. The van der Waals surface area contributed by atoms with Crippen molar-refractivity contribution >= 4 is 11.9 Å². The van der Waals surface area contributed by atoms with Gasteiger partial charge in [-0.15, -0.1) is 0 Å². The van der Waals surface area contributed by atoms with E-state index in [4.69, 9.17) is 4.74 Å². The molecule has 2 aromatic rings. The van der Waals surface area contributed by atoms with Crippen LogP contribution < -0.4 is 0 Å². The molecular formula is C21H27N3O4. The van der Waals surface area contributed by atoms with Crippen LogP contribution in [0.3, 0.4) is 0 Å². The third-order valence-electron chi connectivity index (χ3n) is 4.37. The first-order valence-electron chi connectivity index (χ1n) is 9.43. The van der Waals surface area contributed by atoms with Crippen LogP contribution in [0, 0.1) is 12.8 Å². The van der Waals surface area contributed by atoms with Crippen molar-refractivity contribution in [1.82, 2.24) is 14.9 Å². The summed E-state index contributed by atoms with van der Waals surface area (Å²) in [6, 6.07) is 9.54. The van der Waals surface area contributed by atoms with Crippen LogP contribution in [0.5, 0.6) is 0 Å². The lowest BCUT2D eigenvalue weighted by molar-refractivity contribution is -0.141. The topological polar surface area (TPSA) is 92.6 Å². The minimum Gasteiger partial charge on any atom is -0.481 e. The number of aryl methyl sites for hydroxylation is 1. The molecule has 1 unspecified atom stereocenters. The maximum Gasteiger partial charge on any atom is 0.308 e. The van der Waals surface area contributed by atoms with Crippen molar-refractivity contribution in [3.63, 3.8) is 0 Å². The number of carbonyl (C=O) groups is 2. The normalized spacial score (nSPS) is 11.8. The van der Waals surface area contributed by atoms with Gasteiger partial charge in [0.25, 0.3) is 5.91 Å². The van der Waals surface area contributed by atoms with E-state index in [2.05, 4.69) is 9.97 Å². The van der Waals surface area contributed by atoms with Crippen LogP contribution in [0.1, 0.15) is 36.3 Å². The van der Waals surface area contributed by atoms with Crippen LogP contribution in [-0.2, 0) is 9.53 Å². The standard InChI is InChI=1S/C21H27N3O4/c1-4-28-12-8-11-24(14-15(2)21(26)27)20(25)18-13-22-19(23-16(18)3)17-9-6-5-7-10-17/h5-7,9-10,13,15H,4,8,11-12,14H2,1-3H3,(H,26,27). The number of aliphatic carboxylic acids is 1. The summed E-state index contributed by atoms with van der Waals surface area (Å²) in [5.74, 6) is -1.31. The molecule has 7 nitrogen and oxygen atoms in total. The Bertz CT molecular complexity index is 795. The maximum atomic E-state index is 13.0. The highest BCUT2D eigenvalue weighted by Gasteiger charge is 2.23. The predicted molar refractivity (Wildman–Crippen MR) is 106 cm³/mol. The van der Waals surface area contributed by atoms with E-state index in [9.17, 15) is 14.7 Å². The second-order valence-corrected chi connectivity index (χ2v) is 6.60. The van der Waals surface area contributed by atoms with Crippen molar-refractivity contribution in [3.05, 3.63) is 47.8 Å².